The van der Waals surface area contributed by atoms with E-state index in [0.717, 1.165) is 29.7 Å². The average Bonchev–Trinajstić information content (AvgIpc) is 2.87. The summed E-state index contributed by atoms with van der Waals surface area (Å²) >= 11 is 6.01. The van der Waals surface area contributed by atoms with Crippen molar-refractivity contribution >= 4 is 29.4 Å². The molecule has 2 aliphatic rings. The second-order valence-electron chi connectivity index (χ2n) is 9.16. The van der Waals surface area contributed by atoms with Crippen molar-refractivity contribution in [2.45, 2.75) is 58.3 Å². The number of urea groups is 2. The minimum absolute atomic E-state index is 0.0598. The molecular weight excluding hydrogens is 503 g/mol. The van der Waals surface area contributed by atoms with Crippen LogP contribution in [0.1, 0.15) is 38.7 Å². The second-order valence-corrected chi connectivity index (χ2v) is 9.60. The number of carbonyl (C=O) groups excluding carboxylic acids is 2. The fraction of sp³-hybridized carbons (Fsp3) is 0.462. The van der Waals surface area contributed by atoms with E-state index in [2.05, 4.69) is 10.6 Å². The van der Waals surface area contributed by atoms with Gasteiger partial charge in [-0.25, -0.2) is 18.9 Å². The lowest BCUT2D eigenvalue weighted by Gasteiger charge is -2.41. The third-order valence-corrected chi connectivity index (χ3v) is 6.17. The summed E-state index contributed by atoms with van der Waals surface area (Å²) < 4.78 is 31.3. The molecule has 0 aromatic heterocycles. The lowest BCUT2D eigenvalue weighted by atomic mass is 10.2. The minimum Gasteiger partial charge on any atom is -0.488 e. The van der Waals surface area contributed by atoms with E-state index in [1.165, 1.54) is 17.0 Å². The fourth-order valence-electron chi connectivity index (χ4n) is 4.10. The molecule has 2 heterocycles. The number of imide groups is 1. The predicted octanol–water partition coefficient (Wildman–Crippen LogP) is 5.15. The van der Waals surface area contributed by atoms with Gasteiger partial charge in [0.2, 0.25) is 0 Å². The van der Waals surface area contributed by atoms with E-state index in [-0.39, 0.29) is 37.8 Å². The van der Waals surface area contributed by atoms with E-state index in [1.54, 1.807) is 30.3 Å². The normalized spacial score (nSPS) is 20.2. The quantitative estimate of drug-likeness (QED) is 0.438. The maximum absolute atomic E-state index is 14.6. The average molecular weight is 535 g/mol. The van der Waals surface area contributed by atoms with Gasteiger partial charge in [-0.05, 0) is 62.9 Å². The van der Waals surface area contributed by atoms with Crippen molar-refractivity contribution < 1.29 is 28.2 Å². The van der Waals surface area contributed by atoms with Crippen molar-refractivity contribution in [3.05, 3.63) is 58.9 Å². The van der Waals surface area contributed by atoms with Crippen LogP contribution in [0.25, 0.3) is 0 Å². The molecule has 4 amide bonds. The predicted molar refractivity (Wildman–Crippen MR) is 137 cm³/mol. The van der Waals surface area contributed by atoms with Gasteiger partial charge in [0.1, 0.15) is 0 Å². The van der Waals surface area contributed by atoms with Crippen molar-refractivity contribution in [3.8, 4) is 5.75 Å². The molecule has 2 unspecified atom stereocenters. The number of hydrogen-bond donors (Lipinski definition) is 2. The van der Waals surface area contributed by atoms with E-state index in [1.807, 2.05) is 13.8 Å². The molecule has 2 fully saturated rings. The molecule has 0 aliphatic carbocycles. The van der Waals surface area contributed by atoms with Gasteiger partial charge in [-0.2, -0.15) is 0 Å². The van der Waals surface area contributed by atoms with Gasteiger partial charge in [0, 0.05) is 23.4 Å². The van der Waals surface area contributed by atoms with Gasteiger partial charge in [0.05, 0.1) is 25.8 Å². The highest BCUT2D eigenvalue weighted by molar-refractivity contribution is 6.30. The number of nitrogens with zero attached hydrogens (tertiary/aromatic N) is 2. The Bertz CT molecular complexity index is 1080. The molecule has 2 atom stereocenters. The number of amides is 4. The number of ether oxygens (including phenoxy) is 3. The highest BCUT2D eigenvalue weighted by Crippen LogP contribution is 2.25. The fourth-order valence-corrected chi connectivity index (χ4v) is 4.22. The highest BCUT2D eigenvalue weighted by atomic mass is 35.5. The standard InChI is InChI=1S/C26H32ClFN4O5/c1-17(2)37-22-11-10-20(15-21(22)28)29-24-30-25(33)31(12-14-36-23-5-3-4-13-35-23)26(34)32(24)16-18-6-8-19(27)9-7-18/h6-11,15,17,23-24,29H,3-5,12-14,16H2,1-2H3,(H,30,33). The second kappa shape index (κ2) is 12.4. The number of hydrogen-bond acceptors (Lipinski definition) is 6. The Labute approximate surface area is 220 Å². The Morgan fingerprint density at radius 1 is 1.19 bits per heavy atom. The Morgan fingerprint density at radius 2 is 1.97 bits per heavy atom. The maximum Gasteiger partial charge on any atom is 0.331 e. The third-order valence-electron chi connectivity index (χ3n) is 5.91. The van der Waals surface area contributed by atoms with E-state index in [4.69, 9.17) is 25.8 Å². The first kappa shape index (κ1) is 27.0. The molecule has 9 nitrogen and oxygen atoms in total. The first-order valence-corrected chi connectivity index (χ1v) is 12.8. The number of anilines is 1. The summed E-state index contributed by atoms with van der Waals surface area (Å²) in [7, 11) is 0. The van der Waals surface area contributed by atoms with Crippen LogP contribution in [0.2, 0.25) is 5.02 Å². The number of halogens is 2. The third kappa shape index (κ3) is 7.24. The van der Waals surface area contributed by atoms with Crippen molar-refractivity contribution in [3.63, 3.8) is 0 Å². The lowest BCUT2D eigenvalue weighted by Crippen LogP contribution is -2.67. The van der Waals surface area contributed by atoms with E-state index >= 15 is 0 Å². The molecule has 2 aliphatic heterocycles. The number of rotatable bonds is 10. The zero-order valence-electron chi connectivity index (χ0n) is 20.9. The Balaban J connectivity index is 1.48. The summed E-state index contributed by atoms with van der Waals surface area (Å²) in [5, 5.41) is 6.41. The van der Waals surface area contributed by atoms with Gasteiger partial charge < -0.3 is 19.5 Å². The number of benzene rings is 2. The van der Waals surface area contributed by atoms with Crippen LogP contribution in [0.5, 0.6) is 5.75 Å². The maximum atomic E-state index is 14.6. The molecule has 11 heteroatoms. The summed E-state index contributed by atoms with van der Waals surface area (Å²) in [5.41, 5.74) is 1.18. The summed E-state index contributed by atoms with van der Waals surface area (Å²) in [6, 6.07) is 10.4. The minimum atomic E-state index is -0.925. The topological polar surface area (TPSA) is 92.4 Å². The zero-order chi connectivity index (χ0) is 26.4. The molecule has 2 aromatic rings. The van der Waals surface area contributed by atoms with Gasteiger partial charge in [-0.1, -0.05) is 23.7 Å². The number of carbonyl (C=O) groups is 2. The van der Waals surface area contributed by atoms with Crippen molar-refractivity contribution in [2.75, 3.05) is 25.1 Å². The van der Waals surface area contributed by atoms with Crippen LogP contribution < -0.4 is 15.4 Å². The first-order chi connectivity index (χ1) is 17.8. The molecule has 4 rings (SSSR count). The molecule has 2 N–H and O–H groups in total. The molecule has 0 spiro atoms. The molecule has 200 valence electrons. The highest BCUT2D eigenvalue weighted by Gasteiger charge is 2.38. The van der Waals surface area contributed by atoms with E-state index in [0.29, 0.717) is 17.3 Å². The van der Waals surface area contributed by atoms with Crippen molar-refractivity contribution in [2.24, 2.45) is 0 Å². The number of nitrogens with one attached hydrogen (secondary N) is 2. The largest absolute Gasteiger partial charge is 0.488 e. The van der Waals surface area contributed by atoms with Gasteiger partial charge in [-0.3, -0.25) is 10.2 Å². The van der Waals surface area contributed by atoms with Gasteiger partial charge in [-0.15, -0.1) is 0 Å². The van der Waals surface area contributed by atoms with Crippen LogP contribution in [0.4, 0.5) is 19.7 Å². The first-order valence-electron chi connectivity index (χ1n) is 12.4. The van der Waals surface area contributed by atoms with E-state index in [9.17, 15) is 14.0 Å². The van der Waals surface area contributed by atoms with Crippen molar-refractivity contribution in [1.82, 2.24) is 15.1 Å². The summed E-state index contributed by atoms with van der Waals surface area (Å²) in [4.78, 5) is 28.9. The van der Waals surface area contributed by atoms with Crippen LogP contribution in [-0.4, -0.2) is 60.3 Å². The van der Waals surface area contributed by atoms with Crippen LogP contribution in [0.3, 0.4) is 0 Å². The van der Waals surface area contributed by atoms with Crippen LogP contribution in [0.15, 0.2) is 42.5 Å². The van der Waals surface area contributed by atoms with Crippen molar-refractivity contribution in [1.29, 1.82) is 0 Å². The zero-order valence-corrected chi connectivity index (χ0v) is 21.7. The van der Waals surface area contributed by atoms with E-state index < -0.39 is 24.2 Å². The molecule has 0 bridgehead atoms. The van der Waals surface area contributed by atoms with Crippen LogP contribution in [0, 0.1) is 5.82 Å². The SMILES string of the molecule is CC(C)Oc1ccc(NC2NC(=O)N(CCOC3CCCCO3)C(=O)N2Cc2ccc(Cl)cc2)cc1F. The summed E-state index contributed by atoms with van der Waals surface area (Å²) in [6.07, 6.45) is 1.36. The summed E-state index contributed by atoms with van der Waals surface area (Å²) in [6.45, 7) is 4.64. The molecule has 37 heavy (non-hydrogen) atoms. The summed E-state index contributed by atoms with van der Waals surface area (Å²) in [5.74, 6) is -0.435. The molecular formula is C26H32ClFN4O5. The van der Waals surface area contributed by atoms with Crippen LogP contribution in [-0.2, 0) is 16.0 Å². The van der Waals surface area contributed by atoms with Crippen LogP contribution >= 0.6 is 11.6 Å². The van der Waals surface area contributed by atoms with Gasteiger partial charge in [0.15, 0.2) is 24.1 Å². The smallest absolute Gasteiger partial charge is 0.331 e. The van der Waals surface area contributed by atoms with Gasteiger partial charge >= 0.3 is 12.1 Å². The lowest BCUT2D eigenvalue weighted by molar-refractivity contribution is -0.163. The molecule has 2 aromatic carbocycles. The Hall–Kier alpha value is -3.08. The Morgan fingerprint density at radius 3 is 2.65 bits per heavy atom. The molecule has 0 saturated carbocycles. The Kier molecular flexibility index (Phi) is 9.07. The monoisotopic (exact) mass is 534 g/mol. The molecule has 2 saturated heterocycles. The molecule has 0 radical (unpaired) electrons. The van der Waals surface area contributed by atoms with Gasteiger partial charge in [0.25, 0.3) is 0 Å².